The van der Waals surface area contributed by atoms with Crippen molar-refractivity contribution < 1.29 is 28.6 Å². The van der Waals surface area contributed by atoms with Crippen molar-refractivity contribution in [2.75, 3.05) is 0 Å². The zero-order chi connectivity index (χ0) is 16.2. The monoisotopic (exact) mass is 311 g/mol. The van der Waals surface area contributed by atoms with Crippen molar-refractivity contribution in [2.24, 2.45) is 29.4 Å². The summed E-state index contributed by atoms with van der Waals surface area (Å²) in [4.78, 5) is 22.7. The number of carbonyl (C=O) groups is 2. The quantitative estimate of drug-likeness (QED) is 0.777. The van der Waals surface area contributed by atoms with E-state index in [-0.39, 0.29) is 12.3 Å². The van der Waals surface area contributed by atoms with E-state index in [4.69, 9.17) is 10.8 Å². The zero-order valence-electron chi connectivity index (χ0n) is 11.5. The summed E-state index contributed by atoms with van der Waals surface area (Å²) in [6.07, 6.45) is 0.544. The average molecular weight is 311 g/mol. The van der Waals surface area contributed by atoms with Gasteiger partial charge in [0, 0.05) is 5.92 Å². The Balaban J connectivity index is 1.84. The van der Waals surface area contributed by atoms with Crippen LogP contribution in [0.2, 0.25) is 0 Å². The third-order valence-electron chi connectivity index (χ3n) is 5.07. The maximum Gasteiger partial charge on any atom is 0.324 e. The molecular formula is C15H15F2NO4. The van der Waals surface area contributed by atoms with Gasteiger partial charge < -0.3 is 15.9 Å². The smallest absolute Gasteiger partial charge is 0.324 e. The Morgan fingerprint density at radius 1 is 1.27 bits per heavy atom. The highest BCUT2D eigenvalue weighted by Crippen LogP contribution is 2.64. The minimum atomic E-state index is -1.64. The first kappa shape index (κ1) is 14.9. The number of hydrogen-bond acceptors (Lipinski definition) is 3. The molecule has 5 atom stereocenters. The molecule has 1 aromatic rings. The lowest BCUT2D eigenvalue weighted by Gasteiger charge is -2.30. The molecule has 2 fully saturated rings. The van der Waals surface area contributed by atoms with Gasteiger partial charge in [0.25, 0.3) is 0 Å². The summed E-state index contributed by atoms with van der Waals surface area (Å²) in [5, 5.41) is 18.5. The van der Waals surface area contributed by atoms with Gasteiger partial charge in [-0.15, -0.1) is 0 Å². The minimum Gasteiger partial charge on any atom is -0.481 e. The number of hydrogen-bond donors (Lipinski definition) is 3. The van der Waals surface area contributed by atoms with Gasteiger partial charge in [0.2, 0.25) is 0 Å². The van der Waals surface area contributed by atoms with E-state index >= 15 is 0 Å². The van der Waals surface area contributed by atoms with Crippen LogP contribution < -0.4 is 5.73 Å². The van der Waals surface area contributed by atoms with E-state index in [9.17, 15) is 23.5 Å². The first-order valence-electron chi connectivity index (χ1n) is 6.95. The maximum absolute atomic E-state index is 13.3. The molecule has 0 amide bonds. The van der Waals surface area contributed by atoms with E-state index in [1.54, 1.807) is 0 Å². The molecule has 5 unspecified atom stereocenters. The molecule has 5 nitrogen and oxygen atoms in total. The highest BCUT2D eigenvalue weighted by Gasteiger charge is 2.73. The normalized spacial score (nSPS) is 36.0. The molecular weight excluding hydrogens is 296 g/mol. The number of carboxylic acid groups (broad SMARTS) is 2. The minimum absolute atomic E-state index is 0.180. The Bertz CT molecular complexity index is 665. The zero-order valence-corrected chi connectivity index (χ0v) is 11.5. The number of carboxylic acids is 2. The molecule has 118 valence electrons. The average Bonchev–Trinajstić information content (AvgIpc) is 3.08. The van der Waals surface area contributed by atoms with Crippen LogP contribution in [0.4, 0.5) is 8.78 Å². The first-order chi connectivity index (χ1) is 10.3. The summed E-state index contributed by atoms with van der Waals surface area (Å²) in [6.45, 7) is 0. The van der Waals surface area contributed by atoms with Crippen molar-refractivity contribution in [3.05, 3.63) is 35.4 Å². The number of nitrogens with two attached hydrogens (primary N) is 1. The van der Waals surface area contributed by atoms with Crippen LogP contribution in [0.3, 0.4) is 0 Å². The fourth-order valence-electron chi connectivity index (χ4n) is 3.97. The van der Waals surface area contributed by atoms with Gasteiger partial charge in [-0.3, -0.25) is 9.59 Å². The molecule has 0 saturated heterocycles. The van der Waals surface area contributed by atoms with Gasteiger partial charge in [0.05, 0.1) is 5.92 Å². The number of fused-ring (bicyclic) bond motifs is 1. The van der Waals surface area contributed by atoms with Gasteiger partial charge in [-0.2, -0.15) is 0 Å². The maximum atomic E-state index is 13.3. The topological polar surface area (TPSA) is 101 Å². The molecule has 2 aliphatic carbocycles. The molecule has 2 aliphatic rings. The van der Waals surface area contributed by atoms with Gasteiger partial charge in [0.1, 0.15) is 5.54 Å². The summed E-state index contributed by atoms with van der Waals surface area (Å²) in [5.74, 6) is -6.31. The van der Waals surface area contributed by atoms with Crippen molar-refractivity contribution in [1.29, 1.82) is 0 Å². The Labute approximate surface area is 124 Å². The summed E-state index contributed by atoms with van der Waals surface area (Å²) in [5.41, 5.74) is 4.86. The van der Waals surface area contributed by atoms with E-state index in [1.807, 2.05) is 0 Å². The van der Waals surface area contributed by atoms with E-state index in [1.165, 1.54) is 6.07 Å². The lowest BCUT2D eigenvalue weighted by Crippen LogP contribution is -2.55. The fraction of sp³-hybridized carbons (Fsp3) is 0.467. The van der Waals surface area contributed by atoms with Gasteiger partial charge >= 0.3 is 11.9 Å². The molecule has 22 heavy (non-hydrogen) atoms. The van der Waals surface area contributed by atoms with Gasteiger partial charge in [-0.1, -0.05) is 6.07 Å². The van der Waals surface area contributed by atoms with Crippen LogP contribution in [0, 0.1) is 35.3 Å². The molecule has 1 aromatic carbocycles. The van der Waals surface area contributed by atoms with Crippen LogP contribution in [0.5, 0.6) is 0 Å². The van der Waals surface area contributed by atoms with Crippen molar-refractivity contribution in [1.82, 2.24) is 0 Å². The van der Waals surface area contributed by atoms with Crippen LogP contribution in [0.15, 0.2) is 18.2 Å². The highest BCUT2D eigenvalue weighted by molar-refractivity contribution is 5.85. The second-order valence-corrected chi connectivity index (χ2v) is 6.18. The third kappa shape index (κ3) is 1.99. The Morgan fingerprint density at radius 3 is 2.50 bits per heavy atom. The predicted octanol–water partition coefficient (Wildman–Crippen LogP) is 1.26. The molecule has 0 aliphatic heterocycles. The van der Waals surface area contributed by atoms with E-state index < -0.39 is 46.9 Å². The number of aliphatic carboxylic acids is 2. The fourth-order valence-corrected chi connectivity index (χ4v) is 3.97. The second-order valence-electron chi connectivity index (χ2n) is 6.18. The molecule has 0 bridgehead atoms. The van der Waals surface area contributed by atoms with Crippen LogP contribution >= 0.6 is 0 Å². The van der Waals surface area contributed by atoms with Crippen LogP contribution in [-0.2, 0) is 16.0 Å². The molecule has 0 radical (unpaired) electrons. The molecule has 0 aromatic heterocycles. The van der Waals surface area contributed by atoms with Gasteiger partial charge in [0.15, 0.2) is 11.6 Å². The van der Waals surface area contributed by atoms with Crippen molar-refractivity contribution >= 4 is 11.9 Å². The molecule has 0 heterocycles. The third-order valence-corrected chi connectivity index (χ3v) is 5.07. The Morgan fingerprint density at radius 2 is 1.95 bits per heavy atom. The molecule has 3 rings (SSSR count). The van der Waals surface area contributed by atoms with Crippen LogP contribution in [0.1, 0.15) is 12.0 Å². The summed E-state index contributed by atoms with van der Waals surface area (Å²) < 4.78 is 26.2. The van der Waals surface area contributed by atoms with Crippen molar-refractivity contribution in [2.45, 2.75) is 18.4 Å². The van der Waals surface area contributed by atoms with Crippen molar-refractivity contribution in [3.8, 4) is 0 Å². The SMILES string of the molecule is NC1(C(=O)O)C(Cc2ccc(F)c(F)c2)CC2C(C(=O)O)C21. The summed E-state index contributed by atoms with van der Waals surface area (Å²) >= 11 is 0. The Kier molecular flexibility index (Phi) is 3.21. The summed E-state index contributed by atoms with van der Waals surface area (Å²) in [7, 11) is 0. The largest absolute Gasteiger partial charge is 0.481 e. The Hall–Kier alpha value is -2.02. The van der Waals surface area contributed by atoms with E-state index in [0.717, 1.165) is 12.1 Å². The van der Waals surface area contributed by atoms with Crippen LogP contribution in [0.25, 0.3) is 0 Å². The number of halogens is 2. The van der Waals surface area contributed by atoms with E-state index in [2.05, 4.69) is 0 Å². The van der Waals surface area contributed by atoms with Gasteiger partial charge in [-0.05, 0) is 42.4 Å². The van der Waals surface area contributed by atoms with Crippen LogP contribution in [-0.4, -0.2) is 27.7 Å². The highest BCUT2D eigenvalue weighted by atomic mass is 19.2. The second kappa shape index (κ2) is 4.74. The standard InChI is InChI=1S/C15H15F2NO4/c16-9-2-1-6(4-10(9)17)3-7-5-8-11(13(19)20)12(8)15(7,18)14(21)22/h1-2,4,7-8,11-12H,3,5,18H2,(H,19,20)(H,21,22). The number of benzene rings is 1. The lowest BCUT2D eigenvalue weighted by atomic mass is 9.78. The molecule has 2 saturated carbocycles. The summed E-state index contributed by atoms with van der Waals surface area (Å²) in [6, 6.07) is 3.40. The first-order valence-corrected chi connectivity index (χ1v) is 6.95. The predicted molar refractivity (Wildman–Crippen MR) is 70.8 cm³/mol. The lowest BCUT2D eigenvalue weighted by molar-refractivity contribution is -0.147. The van der Waals surface area contributed by atoms with E-state index in [0.29, 0.717) is 12.0 Å². The molecule has 7 heteroatoms. The van der Waals surface area contributed by atoms with Crippen molar-refractivity contribution in [3.63, 3.8) is 0 Å². The number of rotatable bonds is 4. The molecule has 0 spiro atoms. The van der Waals surface area contributed by atoms with Gasteiger partial charge in [-0.25, -0.2) is 8.78 Å². The molecule has 4 N–H and O–H groups in total.